The third-order valence-electron chi connectivity index (χ3n) is 3.54. The molecule has 0 saturated heterocycles. The first kappa shape index (κ1) is 15.9. The Morgan fingerprint density at radius 1 is 1.29 bits per heavy atom. The van der Waals surface area contributed by atoms with E-state index in [1.807, 2.05) is 37.3 Å². The van der Waals surface area contributed by atoms with E-state index in [-0.39, 0.29) is 17.6 Å². The normalized spacial score (nSPS) is 13.4. The third kappa shape index (κ3) is 3.69. The van der Waals surface area contributed by atoms with Gasteiger partial charge in [-0.05, 0) is 31.2 Å². The van der Waals surface area contributed by atoms with Gasteiger partial charge in [-0.2, -0.15) is 9.90 Å². The molecule has 0 saturated carbocycles. The predicted octanol–water partition coefficient (Wildman–Crippen LogP) is 2.10. The van der Waals surface area contributed by atoms with Crippen LogP contribution in [0.25, 0.3) is 5.69 Å². The van der Waals surface area contributed by atoms with E-state index in [4.69, 9.17) is 4.42 Å². The van der Waals surface area contributed by atoms with E-state index in [1.165, 1.54) is 17.3 Å². The largest absolute Gasteiger partial charge is 0.467 e. The van der Waals surface area contributed by atoms with Gasteiger partial charge in [0.15, 0.2) is 5.69 Å². The molecule has 124 valence electrons. The van der Waals surface area contributed by atoms with E-state index in [1.54, 1.807) is 12.1 Å². The summed E-state index contributed by atoms with van der Waals surface area (Å²) in [5, 5.41) is 21.1. The Labute approximate surface area is 138 Å². The minimum absolute atomic E-state index is 0.221. The van der Waals surface area contributed by atoms with Crippen molar-refractivity contribution in [2.24, 2.45) is 0 Å². The lowest BCUT2D eigenvalue weighted by Gasteiger charge is -2.15. The van der Waals surface area contributed by atoms with Crippen molar-refractivity contribution >= 4 is 5.91 Å². The SMILES string of the molecule is CC(CC(O)c1ccco1)NC(=O)c1cnn(-c2ccccc2)n1. The van der Waals surface area contributed by atoms with Gasteiger partial charge in [0.25, 0.3) is 5.91 Å². The highest BCUT2D eigenvalue weighted by molar-refractivity contribution is 5.92. The molecule has 2 aromatic heterocycles. The van der Waals surface area contributed by atoms with Crippen LogP contribution in [0.5, 0.6) is 0 Å². The molecule has 1 aromatic carbocycles. The van der Waals surface area contributed by atoms with Crippen LogP contribution < -0.4 is 5.32 Å². The second-order valence-corrected chi connectivity index (χ2v) is 5.50. The van der Waals surface area contributed by atoms with Crippen LogP contribution in [0.4, 0.5) is 0 Å². The molecule has 7 heteroatoms. The van der Waals surface area contributed by atoms with Gasteiger partial charge in [-0.1, -0.05) is 18.2 Å². The van der Waals surface area contributed by atoms with Crippen molar-refractivity contribution in [1.29, 1.82) is 0 Å². The smallest absolute Gasteiger partial charge is 0.273 e. The van der Waals surface area contributed by atoms with Crippen molar-refractivity contribution in [3.63, 3.8) is 0 Å². The summed E-state index contributed by atoms with van der Waals surface area (Å²) in [6.45, 7) is 1.81. The zero-order valence-corrected chi connectivity index (χ0v) is 13.2. The van der Waals surface area contributed by atoms with Gasteiger partial charge in [-0.25, -0.2) is 0 Å². The molecular weight excluding hydrogens is 308 g/mol. The second kappa shape index (κ2) is 7.10. The van der Waals surface area contributed by atoms with Crippen molar-refractivity contribution in [3.8, 4) is 5.69 Å². The summed E-state index contributed by atoms with van der Waals surface area (Å²) in [6, 6.07) is 12.5. The van der Waals surface area contributed by atoms with Crippen LogP contribution >= 0.6 is 0 Å². The van der Waals surface area contributed by atoms with Crippen molar-refractivity contribution in [1.82, 2.24) is 20.3 Å². The lowest BCUT2D eigenvalue weighted by molar-refractivity contribution is 0.0898. The Balaban J connectivity index is 1.60. The third-order valence-corrected chi connectivity index (χ3v) is 3.54. The molecule has 0 aliphatic heterocycles. The number of carbonyl (C=O) groups is 1. The van der Waals surface area contributed by atoms with Crippen molar-refractivity contribution in [3.05, 3.63) is 66.4 Å². The molecule has 0 aliphatic carbocycles. The fraction of sp³-hybridized carbons (Fsp3) is 0.235. The number of carbonyl (C=O) groups excluding carboxylic acids is 1. The van der Waals surface area contributed by atoms with Crippen LogP contribution in [-0.2, 0) is 0 Å². The molecule has 2 N–H and O–H groups in total. The number of hydrogen-bond donors (Lipinski definition) is 2. The van der Waals surface area contributed by atoms with Gasteiger partial charge in [0.2, 0.25) is 0 Å². The Bertz CT molecular complexity index is 783. The average Bonchev–Trinajstić information content (AvgIpc) is 3.27. The van der Waals surface area contributed by atoms with Gasteiger partial charge in [0.05, 0.1) is 18.1 Å². The van der Waals surface area contributed by atoms with Gasteiger partial charge in [0, 0.05) is 12.5 Å². The molecule has 0 aliphatic rings. The first-order valence-electron chi connectivity index (χ1n) is 7.63. The van der Waals surface area contributed by atoms with Gasteiger partial charge in [-0.15, -0.1) is 5.10 Å². The van der Waals surface area contributed by atoms with E-state index in [0.29, 0.717) is 12.2 Å². The van der Waals surface area contributed by atoms with E-state index in [0.717, 1.165) is 5.69 Å². The first-order chi connectivity index (χ1) is 11.6. The summed E-state index contributed by atoms with van der Waals surface area (Å²) >= 11 is 0. The maximum atomic E-state index is 12.2. The molecule has 3 rings (SSSR count). The maximum Gasteiger partial charge on any atom is 0.273 e. The Hall–Kier alpha value is -2.93. The first-order valence-corrected chi connectivity index (χ1v) is 7.63. The second-order valence-electron chi connectivity index (χ2n) is 5.50. The predicted molar refractivity (Wildman–Crippen MR) is 86.6 cm³/mol. The van der Waals surface area contributed by atoms with Crippen LogP contribution in [0.15, 0.2) is 59.3 Å². The monoisotopic (exact) mass is 326 g/mol. The van der Waals surface area contributed by atoms with Gasteiger partial charge < -0.3 is 14.8 Å². The van der Waals surface area contributed by atoms with Crippen molar-refractivity contribution < 1.29 is 14.3 Å². The number of rotatable bonds is 6. The molecule has 0 bridgehead atoms. The minimum atomic E-state index is -0.768. The van der Waals surface area contributed by atoms with Crippen molar-refractivity contribution in [2.75, 3.05) is 0 Å². The Kier molecular flexibility index (Phi) is 4.72. The lowest BCUT2D eigenvalue weighted by atomic mass is 10.1. The summed E-state index contributed by atoms with van der Waals surface area (Å²) in [5.41, 5.74) is 0.996. The number of furan rings is 1. The zero-order valence-electron chi connectivity index (χ0n) is 13.2. The fourth-order valence-corrected chi connectivity index (χ4v) is 2.34. The summed E-state index contributed by atoms with van der Waals surface area (Å²) in [6.07, 6.45) is 2.49. The number of nitrogens with one attached hydrogen (secondary N) is 1. The topological polar surface area (TPSA) is 93.2 Å². The quantitative estimate of drug-likeness (QED) is 0.723. The number of benzene rings is 1. The number of amides is 1. The van der Waals surface area contributed by atoms with E-state index >= 15 is 0 Å². The number of hydrogen-bond acceptors (Lipinski definition) is 5. The number of aliphatic hydroxyl groups excluding tert-OH is 1. The Morgan fingerprint density at radius 3 is 2.79 bits per heavy atom. The molecule has 0 radical (unpaired) electrons. The molecule has 2 unspecified atom stereocenters. The van der Waals surface area contributed by atoms with Crippen LogP contribution in [0, 0.1) is 0 Å². The Morgan fingerprint density at radius 2 is 2.08 bits per heavy atom. The molecule has 2 heterocycles. The summed E-state index contributed by atoms with van der Waals surface area (Å²) < 4.78 is 5.15. The van der Waals surface area contributed by atoms with E-state index < -0.39 is 6.10 Å². The van der Waals surface area contributed by atoms with Crippen LogP contribution in [0.2, 0.25) is 0 Å². The van der Waals surface area contributed by atoms with Crippen LogP contribution in [0.1, 0.15) is 35.7 Å². The van der Waals surface area contributed by atoms with E-state index in [9.17, 15) is 9.90 Å². The minimum Gasteiger partial charge on any atom is -0.467 e. The van der Waals surface area contributed by atoms with Crippen molar-refractivity contribution in [2.45, 2.75) is 25.5 Å². The fourth-order valence-electron chi connectivity index (χ4n) is 2.34. The molecule has 0 spiro atoms. The molecule has 7 nitrogen and oxygen atoms in total. The summed E-state index contributed by atoms with van der Waals surface area (Å²) in [4.78, 5) is 13.6. The molecule has 1 amide bonds. The zero-order chi connectivity index (χ0) is 16.9. The van der Waals surface area contributed by atoms with Gasteiger partial charge in [-0.3, -0.25) is 4.79 Å². The number of aliphatic hydroxyl groups is 1. The standard InChI is InChI=1S/C17H18N4O3/c1-12(10-15(22)16-8-5-9-24-16)19-17(23)14-11-18-21(20-14)13-6-3-2-4-7-13/h2-9,11-12,15,22H,10H2,1H3,(H,19,23). The van der Waals surface area contributed by atoms with Crippen LogP contribution in [-0.4, -0.2) is 32.0 Å². The maximum absolute atomic E-state index is 12.2. The average molecular weight is 326 g/mol. The molecule has 0 fully saturated rings. The highest BCUT2D eigenvalue weighted by Crippen LogP contribution is 2.18. The highest BCUT2D eigenvalue weighted by Gasteiger charge is 2.18. The summed E-state index contributed by atoms with van der Waals surface area (Å²) in [7, 11) is 0. The van der Waals surface area contributed by atoms with E-state index in [2.05, 4.69) is 15.5 Å². The molecule has 2 atom stereocenters. The number of aromatic nitrogens is 3. The molecular formula is C17H18N4O3. The molecule has 3 aromatic rings. The molecule has 24 heavy (non-hydrogen) atoms. The number of para-hydroxylation sites is 1. The lowest BCUT2D eigenvalue weighted by Crippen LogP contribution is -2.34. The van der Waals surface area contributed by atoms with Gasteiger partial charge in [0.1, 0.15) is 11.9 Å². The summed E-state index contributed by atoms with van der Waals surface area (Å²) in [5.74, 6) is 0.141. The van der Waals surface area contributed by atoms with Crippen LogP contribution in [0.3, 0.4) is 0 Å². The number of nitrogens with zero attached hydrogens (tertiary/aromatic N) is 3. The van der Waals surface area contributed by atoms with Gasteiger partial charge >= 0.3 is 0 Å². The highest BCUT2D eigenvalue weighted by atomic mass is 16.4.